The van der Waals surface area contributed by atoms with Gasteiger partial charge in [0.05, 0.1) is 24.3 Å². The van der Waals surface area contributed by atoms with Gasteiger partial charge in [0.25, 0.3) is 5.91 Å². The molecule has 3 aliphatic rings. The summed E-state index contributed by atoms with van der Waals surface area (Å²) >= 11 is 0. The zero-order valence-corrected chi connectivity index (χ0v) is 39.7. The molecule has 3 aromatic carbocycles. The van der Waals surface area contributed by atoms with Crippen LogP contribution in [0.5, 0.6) is 5.75 Å². The number of phenolic OH excluding ortho intramolecular Hbond substituents is 1. The summed E-state index contributed by atoms with van der Waals surface area (Å²) in [6.07, 6.45) is 3.04. The normalized spacial score (nSPS) is 21.0. The first-order chi connectivity index (χ1) is 31.4. The Morgan fingerprint density at radius 1 is 1.05 bits per heavy atom. The Bertz CT molecular complexity index is 2510. The van der Waals surface area contributed by atoms with Gasteiger partial charge in [0.1, 0.15) is 23.9 Å². The number of carbonyl (C=O) groups is 5. The van der Waals surface area contributed by atoms with Gasteiger partial charge in [0.2, 0.25) is 17.7 Å². The van der Waals surface area contributed by atoms with E-state index in [0.717, 1.165) is 44.4 Å². The molecule has 0 radical (unpaired) electrons. The Morgan fingerprint density at radius 3 is 2.52 bits per heavy atom. The lowest BCUT2D eigenvalue weighted by molar-refractivity contribution is -0.155. The molecule has 1 aromatic heterocycles. The minimum absolute atomic E-state index is 0.00446. The summed E-state index contributed by atoms with van der Waals surface area (Å²) in [5, 5.41) is 16.7. The maximum absolute atomic E-state index is 14.7. The van der Waals surface area contributed by atoms with Crippen LogP contribution in [-0.4, -0.2) is 113 Å². The van der Waals surface area contributed by atoms with Crippen LogP contribution in [0.25, 0.3) is 33.3 Å². The second-order valence-electron chi connectivity index (χ2n) is 19.3. The number of cyclic esters (lactones) is 1. The van der Waals surface area contributed by atoms with E-state index in [1.807, 2.05) is 45.0 Å². The largest absolute Gasteiger partial charge is 0.508 e. The predicted molar refractivity (Wildman–Crippen MR) is 254 cm³/mol. The van der Waals surface area contributed by atoms with E-state index in [1.54, 1.807) is 31.2 Å². The van der Waals surface area contributed by atoms with Gasteiger partial charge in [-0.3, -0.25) is 29.0 Å². The van der Waals surface area contributed by atoms with Gasteiger partial charge in [0, 0.05) is 68.6 Å². The highest BCUT2D eigenvalue weighted by Crippen LogP contribution is 2.42. The second kappa shape index (κ2) is 19.9. The Morgan fingerprint density at radius 2 is 1.80 bits per heavy atom. The third-order valence-electron chi connectivity index (χ3n) is 13.5. The molecule has 7 rings (SSSR count). The molecule has 2 saturated heterocycles. The molecule has 0 unspecified atom stereocenters. The summed E-state index contributed by atoms with van der Waals surface area (Å²) < 4.78 is 14.3. The number of phenols is 1. The fourth-order valence-corrected chi connectivity index (χ4v) is 10.1. The van der Waals surface area contributed by atoms with E-state index in [4.69, 9.17) is 9.47 Å². The highest BCUT2D eigenvalue weighted by atomic mass is 16.5. The number of aryl methyl sites for hydroxylation is 1. The number of nitrogens with one attached hydrogen (secondary N) is 2. The lowest BCUT2D eigenvalue weighted by atomic mass is 9.83. The second-order valence-corrected chi connectivity index (χ2v) is 19.3. The number of methoxy groups -OCH3 is 1. The first-order valence-corrected chi connectivity index (χ1v) is 23.3. The molecule has 4 heterocycles. The maximum Gasteiger partial charge on any atom is 0.324 e. The van der Waals surface area contributed by atoms with Gasteiger partial charge in [-0.05, 0) is 104 Å². The van der Waals surface area contributed by atoms with E-state index < -0.39 is 47.2 Å². The molecule has 0 saturated carbocycles. The summed E-state index contributed by atoms with van der Waals surface area (Å²) in [5.74, 6) is -2.83. The predicted octanol–water partition coefficient (Wildman–Crippen LogP) is 6.57. The van der Waals surface area contributed by atoms with Crippen molar-refractivity contribution in [2.24, 2.45) is 17.3 Å². The number of likely N-dealkylation sites (N-methyl/N-ethyl adjacent to an activating group) is 1. The number of aromatic nitrogens is 1. The van der Waals surface area contributed by atoms with Crippen molar-refractivity contribution in [2.75, 3.05) is 40.4 Å². The third kappa shape index (κ3) is 9.90. The topological polar surface area (TPSA) is 163 Å². The van der Waals surface area contributed by atoms with Crippen LogP contribution in [0, 0.1) is 17.3 Å². The Balaban J connectivity index is 1.31. The monoisotopic (exact) mass is 902 g/mol. The number of rotatable bonds is 10. The molecule has 5 atom stereocenters. The van der Waals surface area contributed by atoms with Crippen LogP contribution in [-0.2, 0) is 52.8 Å². The zero-order chi connectivity index (χ0) is 47.6. The van der Waals surface area contributed by atoms with Crippen molar-refractivity contribution < 1.29 is 38.6 Å². The van der Waals surface area contributed by atoms with Crippen molar-refractivity contribution in [3.8, 4) is 28.1 Å². The van der Waals surface area contributed by atoms with Crippen molar-refractivity contribution in [2.45, 2.75) is 104 Å². The van der Waals surface area contributed by atoms with Crippen LogP contribution in [0.3, 0.4) is 0 Å². The minimum atomic E-state index is -1.16. The van der Waals surface area contributed by atoms with Gasteiger partial charge in [-0.15, -0.1) is 0 Å². The molecule has 3 aliphatic heterocycles. The number of fused-ring (bicyclic) bond motifs is 6. The van der Waals surface area contributed by atoms with Crippen molar-refractivity contribution in [3.63, 3.8) is 0 Å². The van der Waals surface area contributed by atoms with Gasteiger partial charge in [0.15, 0.2) is 0 Å². The van der Waals surface area contributed by atoms with Gasteiger partial charge in [-0.25, -0.2) is 5.43 Å². The van der Waals surface area contributed by atoms with Crippen LogP contribution in [0.2, 0.25) is 0 Å². The number of carbonyl (C=O) groups excluding carboxylic acids is 5. The number of esters is 1. The number of nitrogens with zero attached hydrogens (tertiary/aromatic N) is 4. The fraction of sp³-hybridized carbons (Fsp3) is 0.481. The first kappa shape index (κ1) is 48.0. The van der Waals surface area contributed by atoms with E-state index in [9.17, 15) is 29.1 Å². The summed E-state index contributed by atoms with van der Waals surface area (Å²) in [4.78, 5) is 72.4. The summed E-state index contributed by atoms with van der Waals surface area (Å²) in [7, 11) is 3.29. The van der Waals surface area contributed by atoms with Crippen molar-refractivity contribution >= 4 is 40.5 Å². The molecule has 3 N–H and O–H groups in total. The smallest absolute Gasteiger partial charge is 0.324 e. The van der Waals surface area contributed by atoms with Crippen molar-refractivity contribution in [1.82, 2.24) is 30.1 Å². The van der Waals surface area contributed by atoms with Crippen LogP contribution in [0.15, 0.2) is 73.3 Å². The van der Waals surface area contributed by atoms with E-state index in [-0.39, 0.29) is 55.7 Å². The zero-order valence-electron chi connectivity index (χ0n) is 39.7. The number of hydrogen-bond donors (Lipinski definition) is 3. The molecule has 2 fully saturated rings. The van der Waals surface area contributed by atoms with Crippen LogP contribution in [0.4, 0.5) is 0 Å². The van der Waals surface area contributed by atoms with Crippen LogP contribution in [0.1, 0.15) is 83.6 Å². The molecule has 0 aliphatic carbocycles. The van der Waals surface area contributed by atoms with Gasteiger partial charge in [-0.2, -0.15) is 0 Å². The highest BCUT2D eigenvalue weighted by molar-refractivity contribution is 5.96. The van der Waals surface area contributed by atoms with Crippen molar-refractivity contribution in [1.29, 1.82) is 0 Å². The number of likely N-dealkylation sites (tertiary alicyclic amines) is 1. The average molecular weight is 903 g/mol. The summed E-state index contributed by atoms with van der Waals surface area (Å²) in [6, 6.07) is 16.9. The average Bonchev–Trinajstić information content (AvgIpc) is 3.92. The Kier molecular flexibility index (Phi) is 14.4. The molecule has 14 heteroatoms. The number of hydrogen-bond acceptors (Lipinski definition) is 9. The Labute approximate surface area is 388 Å². The standard InChI is InChI=1S/C52H66N6O8/c1-10-45(60)56-22-20-35(29-56)49(62)55(8)46(31(3)4)48(61)53-43-25-33-23-36(26-37(59)24-33)34-18-19-44-40(27-34)41(47(57(44)11-2)39-16-13-12-15-38(39)32(5)65-9)28-52(6,7)30-66-51(64)42-17-14-21-58(54-42)50(43)63/h10,12-13,15-16,18-19,23-24,26-27,31-32,35,42-43,46,54,59H,1,11,14,17,20-22,25,28-30H2,2-9H3,(H,53,61)/t32-,35-,42-,43-,46-/m0/s1. The van der Waals surface area contributed by atoms with E-state index in [0.29, 0.717) is 44.3 Å². The third-order valence-corrected chi connectivity index (χ3v) is 13.5. The van der Waals surface area contributed by atoms with Gasteiger partial charge in [-0.1, -0.05) is 70.7 Å². The van der Waals surface area contributed by atoms with Gasteiger partial charge >= 0.3 is 5.97 Å². The van der Waals surface area contributed by atoms with Crippen LogP contribution < -0.4 is 10.7 Å². The number of hydrazine groups is 1. The molecule has 4 aromatic rings. The molecule has 66 heavy (non-hydrogen) atoms. The molecule has 14 nitrogen and oxygen atoms in total. The number of amides is 4. The molecule has 6 bridgehead atoms. The van der Waals surface area contributed by atoms with E-state index in [2.05, 4.69) is 66.9 Å². The molecule has 352 valence electrons. The van der Waals surface area contributed by atoms with Crippen LogP contribution >= 0.6 is 0 Å². The lowest BCUT2D eigenvalue weighted by Gasteiger charge is -2.37. The van der Waals surface area contributed by atoms with Gasteiger partial charge < -0.3 is 34.3 Å². The number of ether oxygens (including phenoxy) is 2. The SMILES string of the molecule is C=CC(=O)N1CC[C@H](C(=O)N(C)[C@H](C(=O)N[C@H]2Cc3cc(O)cc(c3)-c3ccc4c(c3)c(c(-c3ccccc3[C@H](C)OC)n4CC)CC(C)(C)COC(=O)[C@@H]3CCCN(N3)C2=O)C(C)C)C1. The first-order valence-electron chi connectivity index (χ1n) is 23.3. The molecule has 4 amide bonds. The summed E-state index contributed by atoms with van der Waals surface area (Å²) in [6.45, 7) is 17.3. The highest BCUT2D eigenvalue weighted by Gasteiger charge is 2.40. The minimum Gasteiger partial charge on any atom is -0.508 e. The quantitative estimate of drug-likeness (QED) is 0.118. The van der Waals surface area contributed by atoms with E-state index in [1.165, 1.54) is 16.0 Å². The van der Waals surface area contributed by atoms with E-state index >= 15 is 0 Å². The molecular weight excluding hydrogens is 837 g/mol. The summed E-state index contributed by atoms with van der Waals surface area (Å²) in [5.41, 5.74) is 10.1. The molecule has 0 spiro atoms. The maximum atomic E-state index is 14.7. The lowest BCUT2D eigenvalue weighted by Crippen LogP contribution is -2.62. The Hall–Kier alpha value is -5.99. The number of aromatic hydroxyl groups is 1. The number of benzene rings is 3. The molecular formula is C52H66N6O8. The fourth-order valence-electron chi connectivity index (χ4n) is 10.1. The van der Waals surface area contributed by atoms with Crippen molar-refractivity contribution in [3.05, 3.63) is 90.0 Å².